The molecule has 3 heteroatoms. The van der Waals surface area contributed by atoms with Crippen molar-refractivity contribution in [1.82, 2.24) is 4.98 Å². The maximum atomic E-state index is 5.34. The van der Waals surface area contributed by atoms with E-state index in [0.29, 0.717) is 0 Å². The van der Waals surface area contributed by atoms with E-state index in [4.69, 9.17) is 4.74 Å². The SMILES string of the molecule is C/C1=C\C(c2nccs2)=CC/C=C/OCC1. The summed E-state index contributed by atoms with van der Waals surface area (Å²) < 4.78 is 5.34. The maximum absolute atomic E-state index is 5.34. The Kier molecular flexibility index (Phi) is 3.94. The summed E-state index contributed by atoms with van der Waals surface area (Å²) in [4.78, 5) is 4.35. The Morgan fingerprint density at radius 3 is 3.19 bits per heavy atom. The summed E-state index contributed by atoms with van der Waals surface area (Å²) in [5.74, 6) is 0. The fraction of sp³-hybridized carbons (Fsp3) is 0.308. The summed E-state index contributed by atoms with van der Waals surface area (Å²) in [5, 5.41) is 3.10. The molecular weight excluding hydrogens is 218 g/mol. The molecule has 0 amide bonds. The summed E-state index contributed by atoms with van der Waals surface area (Å²) in [6, 6.07) is 0. The van der Waals surface area contributed by atoms with Gasteiger partial charge in [-0.2, -0.15) is 0 Å². The topological polar surface area (TPSA) is 22.1 Å². The molecule has 84 valence electrons. The van der Waals surface area contributed by atoms with Crippen LogP contribution in [0.5, 0.6) is 0 Å². The van der Waals surface area contributed by atoms with Gasteiger partial charge in [0, 0.05) is 23.6 Å². The van der Waals surface area contributed by atoms with Crippen LogP contribution in [0.2, 0.25) is 0 Å². The number of ether oxygens (including phenoxy) is 1. The number of allylic oxidation sites excluding steroid dienone is 4. The first-order chi connectivity index (χ1) is 7.86. The summed E-state index contributed by atoms with van der Waals surface area (Å²) in [7, 11) is 0. The fourth-order valence-corrected chi connectivity index (χ4v) is 2.17. The summed E-state index contributed by atoms with van der Waals surface area (Å²) in [6.45, 7) is 2.89. The van der Waals surface area contributed by atoms with Crippen LogP contribution >= 0.6 is 11.3 Å². The minimum Gasteiger partial charge on any atom is -0.501 e. The van der Waals surface area contributed by atoms with E-state index in [2.05, 4.69) is 24.1 Å². The van der Waals surface area contributed by atoms with E-state index in [-0.39, 0.29) is 0 Å². The normalized spacial score (nSPS) is 22.6. The second-order valence-corrected chi connectivity index (χ2v) is 4.61. The Balaban J connectivity index is 2.27. The Morgan fingerprint density at radius 2 is 2.38 bits per heavy atom. The van der Waals surface area contributed by atoms with E-state index in [9.17, 15) is 0 Å². The van der Waals surface area contributed by atoms with Gasteiger partial charge in [0.05, 0.1) is 12.9 Å². The summed E-state index contributed by atoms with van der Waals surface area (Å²) in [6.07, 6.45) is 11.9. The van der Waals surface area contributed by atoms with Crippen LogP contribution in [0.4, 0.5) is 0 Å². The molecule has 0 fully saturated rings. The van der Waals surface area contributed by atoms with Gasteiger partial charge in [0.15, 0.2) is 0 Å². The molecule has 0 N–H and O–H groups in total. The average molecular weight is 233 g/mol. The Bertz CT molecular complexity index is 415. The zero-order valence-corrected chi connectivity index (χ0v) is 10.2. The second-order valence-electron chi connectivity index (χ2n) is 3.72. The first kappa shape index (κ1) is 11.1. The van der Waals surface area contributed by atoms with Crippen molar-refractivity contribution >= 4 is 16.9 Å². The van der Waals surface area contributed by atoms with Crippen LogP contribution in [0, 0.1) is 0 Å². The molecule has 2 heterocycles. The minimum absolute atomic E-state index is 0.754. The van der Waals surface area contributed by atoms with Gasteiger partial charge in [-0.05, 0) is 19.4 Å². The fourth-order valence-electron chi connectivity index (χ4n) is 1.52. The number of thiazole rings is 1. The molecule has 1 aromatic rings. The maximum Gasteiger partial charge on any atom is 0.122 e. The highest BCUT2D eigenvalue weighted by molar-refractivity contribution is 7.10. The molecule has 1 aliphatic rings. The van der Waals surface area contributed by atoms with Crippen molar-refractivity contribution in [2.45, 2.75) is 19.8 Å². The number of hydrogen-bond donors (Lipinski definition) is 0. The van der Waals surface area contributed by atoms with E-state index in [1.165, 1.54) is 11.1 Å². The Morgan fingerprint density at radius 1 is 1.44 bits per heavy atom. The van der Waals surface area contributed by atoms with Crippen molar-refractivity contribution in [1.29, 1.82) is 0 Å². The zero-order chi connectivity index (χ0) is 11.2. The molecule has 0 aliphatic carbocycles. The van der Waals surface area contributed by atoms with Crippen molar-refractivity contribution in [3.63, 3.8) is 0 Å². The number of nitrogens with zero attached hydrogens (tertiary/aromatic N) is 1. The van der Waals surface area contributed by atoms with Crippen LogP contribution in [0.25, 0.3) is 5.57 Å². The lowest BCUT2D eigenvalue weighted by Crippen LogP contribution is -1.91. The first-order valence-electron chi connectivity index (χ1n) is 5.40. The van der Waals surface area contributed by atoms with Gasteiger partial charge < -0.3 is 4.74 Å². The molecule has 2 nitrogen and oxygen atoms in total. The molecule has 1 aliphatic heterocycles. The Labute approximate surface area is 100.0 Å². The van der Waals surface area contributed by atoms with Gasteiger partial charge in [-0.15, -0.1) is 11.3 Å². The van der Waals surface area contributed by atoms with Gasteiger partial charge in [0.25, 0.3) is 0 Å². The van der Waals surface area contributed by atoms with E-state index in [1.54, 1.807) is 17.6 Å². The van der Waals surface area contributed by atoms with Crippen LogP contribution in [0.3, 0.4) is 0 Å². The molecule has 1 aromatic heterocycles. The highest BCUT2D eigenvalue weighted by Crippen LogP contribution is 2.22. The third kappa shape index (κ3) is 3.07. The lowest BCUT2D eigenvalue weighted by Gasteiger charge is -2.05. The molecule has 0 saturated carbocycles. The van der Waals surface area contributed by atoms with Gasteiger partial charge in [-0.25, -0.2) is 4.98 Å². The van der Waals surface area contributed by atoms with Gasteiger partial charge >= 0.3 is 0 Å². The molecule has 0 atom stereocenters. The molecule has 0 bridgehead atoms. The van der Waals surface area contributed by atoms with E-state index < -0.39 is 0 Å². The molecule has 0 radical (unpaired) electrons. The van der Waals surface area contributed by atoms with Crippen LogP contribution in [0.1, 0.15) is 24.8 Å². The lowest BCUT2D eigenvalue weighted by atomic mass is 10.1. The van der Waals surface area contributed by atoms with Crippen molar-refractivity contribution in [2.75, 3.05) is 6.61 Å². The highest BCUT2D eigenvalue weighted by atomic mass is 32.1. The molecule has 2 rings (SSSR count). The first-order valence-corrected chi connectivity index (χ1v) is 6.28. The predicted octanol–water partition coefficient (Wildman–Crippen LogP) is 3.80. The van der Waals surface area contributed by atoms with Gasteiger partial charge in [0.2, 0.25) is 0 Å². The quantitative estimate of drug-likeness (QED) is 0.736. The molecule has 0 unspecified atom stereocenters. The van der Waals surface area contributed by atoms with Crippen molar-refractivity contribution in [2.24, 2.45) is 0 Å². The predicted molar refractivity (Wildman–Crippen MR) is 68.2 cm³/mol. The average Bonchev–Trinajstić information content (AvgIpc) is 2.80. The standard InChI is InChI=1S/C13H15NOS/c1-11-5-8-15-7-3-2-4-12(10-11)13-14-6-9-16-13/h3-4,6-7,9-10H,2,5,8H2,1H3/b7-3+,11-10+,12-4?. The third-order valence-electron chi connectivity index (χ3n) is 2.36. The third-order valence-corrected chi connectivity index (χ3v) is 3.18. The van der Waals surface area contributed by atoms with Crippen molar-refractivity contribution in [3.05, 3.63) is 46.6 Å². The zero-order valence-electron chi connectivity index (χ0n) is 9.35. The van der Waals surface area contributed by atoms with Crippen molar-refractivity contribution < 1.29 is 4.74 Å². The van der Waals surface area contributed by atoms with Crippen molar-refractivity contribution in [3.8, 4) is 0 Å². The molecule has 16 heavy (non-hydrogen) atoms. The van der Waals surface area contributed by atoms with Crippen LogP contribution in [-0.4, -0.2) is 11.6 Å². The number of aromatic nitrogens is 1. The van der Waals surface area contributed by atoms with Gasteiger partial charge in [0.1, 0.15) is 5.01 Å². The monoisotopic (exact) mass is 233 g/mol. The molecule has 0 spiro atoms. The van der Waals surface area contributed by atoms with Crippen LogP contribution in [-0.2, 0) is 4.74 Å². The minimum atomic E-state index is 0.754. The second kappa shape index (κ2) is 5.66. The largest absolute Gasteiger partial charge is 0.501 e. The van der Waals surface area contributed by atoms with Gasteiger partial charge in [-0.3, -0.25) is 0 Å². The highest BCUT2D eigenvalue weighted by Gasteiger charge is 2.02. The van der Waals surface area contributed by atoms with Crippen LogP contribution < -0.4 is 0 Å². The lowest BCUT2D eigenvalue weighted by molar-refractivity contribution is 0.252. The number of hydrogen-bond acceptors (Lipinski definition) is 3. The summed E-state index contributed by atoms with van der Waals surface area (Å²) >= 11 is 1.68. The van der Waals surface area contributed by atoms with Gasteiger partial charge in [-0.1, -0.05) is 17.7 Å². The van der Waals surface area contributed by atoms with E-state index in [1.807, 2.05) is 17.7 Å². The molecular formula is C13H15NOS. The molecule has 0 aromatic carbocycles. The van der Waals surface area contributed by atoms with Crippen LogP contribution in [0.15, 0.2) is 41.6 Å². The number of rotatable bonds is 1. The van der Waals surface area contributed by atoms with E-state index >= 15 is 0 Å². The smallest absolute Gasteiger partial charge is 0.122 e. The van der Waals surface area contributed by atoms with E-state index in [0.717, 1.165) is 24.5 Å². The Hall–Kier alpha value is -1.35. The summed E-state index contributed by atoms with van der Waals surface area (Å²) in [5.41, 5.74) is 2.55. The molecule has 0 saturated heterocycles.